The van der Waals surface area contributed by atoms with Crippen LogP contribution < -0.4 is 15.1 Å². The van der Waals surface area contributed by atoms with Crippen LogP contribution in [0.3, 0.4) is 0 Å². The molecule has 9 nitrogen and oxygen atoms in total. The second kappa shape index (κ2) is 10.2. The molecule has 0 bridgehead atoms. The van der Waals surface area contributed by atoms with E-state index in [1.54, 1.807) is 18.7 Å². The zero-order valence-corrected chi connectivity index (χ0v) is 20.6. The van der Waals surface area contributed by atoms with E-state index in [1.807, 2.05) is 16.4 Å². The van der Waals surface area contributed by atoms with Crippen LogP contribution in [0.25, 0.3) is 10.9 Å². The highest BCUT2D eigenvalue weighted by Gasteiger charge is 2.36. The topological polar surface area (TPSA) is 90.3 Å². The molecule has 1 saturated carbocycles. The van der Waals surface area contributed by atoms with Crippen molar-refractivity contribution in [2.45, 2.75) is 45.7 Å². The lowest BCUT2D eigenvalue weighted by molar-refractivity contribution is -0.149. The molecule has 4 rings (SSSR count). The molecule has 35 heavy (non-hydrogen) atoms. The first-order valence-electron chi connectivity index (χ1n) is 12.1. The molecule has 2 heterocycles. The number of fused-ring (bicyclic) bond motifs is 1. The predicted octanol–water partition coefficient (Wildman–Crippen LogP) is 2.73. The van der Waals surface area contributed by atoms with Gasteiger partial charge in [-0.05, 0) is 39.3 Å². The van der Waals surface area contributed by atoms with Crippen molar-refractivity contribution < 1.29 is 28.2 Å². The van der Waals surface area contributed by atoms with Gasteiger partial charge in [-0.1, -0.05) is 6.92 Å². The minimum atomic E-state index is -0.731. The molecule has 0 radical (unpaired) electrons. The number of halogens is 1. The molecular formula is C25H32FN3O6. The quantitative estimate of drug-likeness (QED) is 0.523. The van der Waals surface area contributed by atoms with Gasteiger partial charge >= 0.3 is 11.9 Å². The molecule has 1 aromatic heterocycles. The van der Waals surface area contributed by atoms with Gasteiger partial charge < -0.3 is 23.7 Å². The highest BCUT2D eigenvalue weighted by atomic mass is 19.1. The lowest BCUT2D eigenvalue weighted by Crippen LogP contribution is -2.57. The summed E-state index contributed by atoms with van der Waals surface area (Å²) >= 11 is 0. The molecule has 2 fully saturated rings. The highest BCUT2D eigenvalue weighted by Crippen LogP contribution is 2.44. The fourth-order valence-electron chi connectivity index (χ4n) is 4.79. The molecule has 0 amide bonds. The SMILES string of the molecule is CCOC(=O)c1cn(C2CC2)c2c(OC)c(N3CCN(CC)C(C(=O)OCC)C3)c(F)cc2c1=O. The third kappa shape index (κ3) is 4.59. The van der Waals surface area contributed by atoms with Crippen molar-refractivity contribution in [1.29, 1.82) is 0 Å². The smallest absolute Gasteiger partial charge is 0.343 e. The molecule has 1 saturated heterocycles. The molecule has 2 aliphatic rings. The van der Waals surface area contributed by atoms with E-state index in [9.17, 15) is 14.4 Å². The van der Waals surface area contributed by atoms with Crippen LogP contribution in [0, 0.1) is 5.82 Å². The Morgan fingerprint density at radius 1 is 1.11 bits per heavy atom. The number of piperazine rings is 1. The molecule has 2 aromatic rings. The summed E-state index contributed by atoms with van der Waals surface area (Å²) in [7, 11) is 1.43. The van der Waals surface area contributed by atoms with Gasteiger partial charge in [-0.3, -0.25) is 14.5 Å². The standard InChI is InChI=1S/C25H32FN3O6/c1-5-27-10-11-28(14-19(27)25(32)35-7-3)21-18(26)12-16-20(23(21)33-4)29(15-8-9-15)13-17(22(16)30)24(31)34-6-2/h12-13,15,19H,5-11,14H2,1-4H3. The molecule has 190 valence electrons. The van der Waals surface area contributed by atoms with E-state index in [1.165, 1.54) is 19.4 Å². The van der Waals surface area contributed by atoms with Gasteiger partial charge in [-0.2, -0.15) is 0 Å². The van der Waals surface area contributed by atoms with Crippen LogP contribution in [0.15, 0.2) is 17.1 Å². The summed E-state index contributed by atoms with van der Waals surface area (Å²) in [6.45, 7) is 7.66. The number of carbonyl (C=O) groups is 2. The van der Waals surface area contributed by atoms with E-state index in [0.717, 1.165) is 12.8 Å². The monoisotopic (exact) mass is 489 g/mol. The molecule has 0 spiro atoms. The molecule has 1 aliphatic heterocycles. The maximum atomic E-state index is 15.7. The van der Waals surface area contributed by atoms with Crippen molar-refractivity contribution in [3.8, 4) is 5.75 Å². The third-order valence-corrected chi connectivity index (χ3v) is 6.61. The van der Waals surface area contributed by atoms with E-state index in [2.05, 4.69) is 0 Å². The number of carbonyl (C=O) groups excluding carboxylic acids is 2. The summed E-state index contributed by atoms with van der Waals surface area (Å²) in [6.07, 6.45) is 3.24. The maximum absolute atomic E-state index is 15.7. The zero-order valence-electron chi connectivity index (χ0n) is 20.6. The van der Waals surface area contributed by atoms with Gasteiger partial charge in [-0.25, -0.2) is 9.18 Å². The number of hydrogen-bond acceptors (Lipinski definition) is 8. The van der Waals surface area contributed by atoms with Crippen molar-refractivity contribution in [1.82, 2.24) is 9.47 Å². The number of nitrogens with zero attached hydrogens (tertiary/aromatic N) is 3. The number of esters is 2. The largest absolute Gasteiger partial charge is 0.492 e. The van der Waals surface area contributed by atoms with Gasteiger partial charge in [-0.15, -0.1) is 0 Å². The van der Waals surface area contributed by atoms with Crippen molar-refractivity contribution in [2.75, 3.05) is 51.4 Å². The van der Waals surface area contributed by atoms with Crippen molar-refractivity contribution in [3.63, 3.8) is 0 Å². The molecule has 1 atom stereocenters. The molecule has 1 aromatic carbocycles. The van der Waals surface area contributed by atoms with Crippen LogP contribution in [0.1, 0.15) is 50.0 Å². The number of likely N-dealkylation sites (N-methyl/N-ethyl adjacent to an activating group) is 1. The first-order valence-corrected chi connectivity index (χ1v) is 12.1. The summed E-state index contributed by atoms with van der Waals surface area (Å²) < 4.78 is 33.6. The van der Waals surface area contributed by atoms with E-state index in [-0.39, 0.29) is 54.2 Å². The van der Waals surface area contributed by atoms with Crippen molar-refractivity contribution >= 4 is 28.5 Å². The molecule has 10 heteroatoms. The summed E-state index contributed by atoms with van der Waals surface area (Å²) in [5.41, 5.74) is -0.0866. The number of ether oxygens (including phenoxy) is 3. The fraction of sp³-hybridized carbons (Fsp3) is 0.560. The Balaban J connectivity index is 1.87. The van der Waals surface area contributed by atoms with Crippen LogP contribution in [0.5, 0.6) is 5.75 Å². The fourth-order valence-corrected chi connectivity index (χ4v) is 4.79. The van der Waals surface area contributed by atoms with Gasteiger partial charge in [0, 0.05) is 31.9 Å². The molecule has 0 N–H and O–H groups in total. The average molecular weight is 490 g/mol. The number of hydrogen-bond donors (Lipinski definition) is 0. The lowest BCUT2D eigenvalue weighted by atomic mass is 10.1. The van der Waals surface area contributed by atoms with E-state index in [4.69, 9.17) is 14.2 Å². The Hall–Kier alpha value is -3.14. The van der Waals surface area contributed by atoms with Gasteiger partial charge in [0.05, 0.1) is 31.2 Å². The number of rotatable bonds is 8. The second-order valence-electron chi connectivity index (χ2n) is 8.71. The predicted molar refractivity (Wildman–Crippen MR) is 129 cm³/mol. The van der Waals surface area contributed by atoms with E-state index >= 15 is 4.39 Å². The minimum absolute atomic E-state index is 0.0645. The van der Waals surface area contributed by atoms with E-state index < -0.39 is 23.3 Å². The minimum Gasteiger partial charge on any atom is -0.492 e. The molecule has 1 unspecified atom stereocenters. The second-order valence-corrected chi connectivity index (χ2v) is 8.71. The maximum Gasteiger partial charge on any atom is 0.343 e. The van der Waals surface area contributed by atoms with Crippen molar-refractivity contribution in [3.05, 3.63) is 33.9 Å². The summed E-state index contributed by atoms with van der Waals surface area (Å²) in [4.78, 5) is 42.1. The number of benzene rings is 1. The van der Waals surface area contributed by atoms with Crippen LogP contribution in [0.4, 0.5) is 10.1 Å². The van der Waals surface area contributed by atoms with Crippen LogP contribution >= 0.6 is 0 Å². The first kappa shape index (κ1) is 25.0. The van der Waals surface area contributed by atoms with Crippen molar-refractivity contribution in [2.24, 2.45) is 0 Å². The number of methoxy groups -OCH3 is 1. The van der Waals surface area contributed by atoms with Gasteiger partial charge in [0.2, 0.25) is 5.43 Å². The number of anilines is 1. The Kier molecular flexibility index (Phi) is 7.30. The normalized spacial score (nSPS) is 18.5. The van der Waals surface area contributed by atoms with E-state index in [0.29, 0.717) is 25.2 Å². The Morgan fingerprint density at radius 3 is 2.43 bits per heavy atom. The van der Waals surface area contributed by atoms with Gasteiger partial charge in [0.15, 0.2) is 11.6 Å². The molecular weight excluding hydrogens is 457 g/mol. The Morgan fingerprint density at radius 2 is 1.83 bits per heavy atom. The average Bonchev–Trinajstić information content (AvgIpc) is 3.69. The zero-order chi connectivity index (χ0) is 25.3. The summed E-state index contributed by atoms with van der Waals surface area (Å²) in [5.74, 6) is -1.52. The third-order valence-electron chi connectivity index (χ3n) is 6.61. The first-order chi connectivity index (χ1) is 16.9. The van der Waals surface area contributed by atoms with Gasteiger partial charge in [0.25, 0.3) is 0 Å². The number of pyridine rings is 1. The summed E-state index contributed by atoms with van der Waals surface area (Å²) in [5, 5.41) is 0.0645. The van der Waals surface area contributed by atoms with Crippen LogP contribution in [0.2, 0.25) is 0 Å². The summed E-state index contributed by atoms with van der Waals surface area (Å²) in [6, 6.07) is 0.691. The van der Waals surface area contributed by atoms with Crippen LogP contribution in [-0.4, -0.2) is 74.0 Å². The Labute approximate surface area is 203 Å². The Bertz CT molecular complexity index is 1190. The molecule has 1 aliphatic carbocycles. The van der Waals surface area contributed by atoms with Gasteiger partial charge in [0.1, 0.15) is 17.3 Å². The highest BCUT2D eigenvalue weighted by molar-refractivity contribution is 5.98. The lowest BCUT2D eigenvalue weighted by Gasteiger charge is -2.41. The van der Waals surface area contributed by atoms with Crippen LogP contribution in [-0.2, 0) is 14.3 Å². The number of aromatic nitrogens is 1.